The van der Waals surface area contributed by atoms with Gasteiger partial charge in [0, 0.05) is 44.8 Å². The second-order valence-electron chi connectivity index (χ2n) is 7.56. The monoisotopic (exact) mass is 332 g/mol. The molecule has 1 aromatic carbocycles. The Bertz CT molecular complexity index is 607. The van der Waals surface area contributed by atoms with Gasteiger partial charge in [0.1, 0.15) is 6.10 Å². The maximum atomic E-state index is 12.7. The Kier molecular flexibility index (Phi) is 5.65. The quantitative estimate of drug-likeness (QED) is 0.836. The van der Waals surface area contributed by atoms with E-state index in [1.807, 2.05) is 45.0 Å². The first-order chi connectivity index (χ1) is 11.2. The van der Waals surface area contributed by atoms with Crippen molar-refractivity contribution in [2.75, 3.05) is 32.1 Å². The highest BCUT2D eigenvalue weighted by Crippen LogP contribution is 2.31. The average Bonchev–Trinajstić information content (AvgIpc) is 2.56. The van der Waals surface area contributed by atoms with E-state index in [1.54, 1.807) is 24.0 Å². The average molecular weight is 332 g/mol. The van der Waals surface area contributed by atoms with E-state index in [0.717, 1.165) is 11.3 Å². The molecule has 0 fully saturated rings. The molecule has 5 nitrogen and oxygen atoms in total. The van der Waals surface area contributed by atoms with Gasteiger partial charge in [-0.25, -0.2) is 0 Å². The van der Waals surface area contributed by atoms with Crippen molar-refractivity contribution in [1.29, 1.82) is 0 Å². The minimum absolute atomic E-state index is 0.00719. The molecule has 2 amide bonds. The number of fused-ring (bicyclic) bond motifs is 1. The molecule has 1 heterocycles. The molecule has 132 valence electrons. The van der Waals surface area contributed by atoms with E-state index in [4.69, 9.17) is 4.74 Å². The number of ether oxygens (including phenoxy) is 1. The number of anilines is 1. The first-order valence-electron chi connectivity index (χ1n) is 8.39. The first kappa shape index (κ1) is 18.5. The van der Waals surface area contributed by atoms with E-state index in [-0.39, 0.29) is 23.3 Å². The molecule has 0 aromatic heterocycles. The fourth-order valence-corrected chi connectivity index (χ4v) is 2.98. The number of amides is 2. The third-order valence-corrected chi connectivity index (χ3v) is 4.32. The van der Waals surface area contributed by atoms with Crippen molar-refractivity contribution in [2.45, 2.75) is 39.7 Å². The summed E-state index contributed by atoms with van der Waals surface area (Å²) in [6.45, 7) is 7.02. The van der Waals surface area contributed by atoms with Gasteiger partial charge in [0.25, 0.3) is 0 Å². The number of carbonyl (C=O) groups excluding carboxylic acids is 2. The van der Waals surface area contributed by atoms with Crippen LogP contribution in [-0.2, 0) is 14.3 Å². The smallest absolute Gasteiger partial charge is 0.228 e. The van der Waals surface area contributed by atoms with Crippen LogP contribution in [0.15, 0.2) is 24.3 Å². The van der Waals surface area contributed by atoms with Crippen LogP contribution in [0.5, 0.6) is 0 Å². The maximum absolute atomic E-state index is 12.7. The van der Waals surface area contributed by atoms with E-state index in [0.29, 0.717) is 25.9 Å². The summed E-state index contributed by atoms with van der Waals surface area (Å²) in [5, 5.41) is 0. The second kappa shape index (κ2) is 7.34. The fraction of sp³-hybridized carbons (Fsp3) is 0.579. The minimum Gasteiger partial charge on any atom is -0.375 e. The third-order valence-electron chi connectivity index (χ3n) is 4.32. The van der Waals surface area contributed by atoms with Gasteiger partial charge in [-0.15, -0.1) is 0 Å². The number of benzene rings is 1. The zero-order valence-electron chi connectivity index (χ0n) is 15.3. The zero-order valence-corrected chi connectivity index (χ0v) is 15.3. The Balaban J connectivity index is 2.35. The highest BCUT2D eigenvalue weighted by atomic mass is 16.5. The summed E-state index contributed by atoms with van der Waals surface area (Å²) in [5.74, 6) is 0.0761. The van der Waals surface area contributed by atoms with Crippen molar-refractivity contribution in [3.8, 4) is 0 Å². The van der Waals surface area contributed by atoms with Crippen molar-refractivity contribution in [3.63, 3.8) is 0 Å². The van der Waals surface area contributed by atoms with Gasteiger partial charge in [-0.1, -0.05) is 39.0 Å². The Morgan fingerprint density at radius 1 is 1.29 bits per heavy atom. The van der Waals surface area contributed by atoms with Crippen LogP contribution in [0.3, 0.4) is 0 Å². The molecule has 0 radical (unpaired) electrons. The Morgan fingerprint density at radius 2 is 1.96 bits per heavy atom. The molecule has 1 aliphatic rings. The summed E-state index contributed by atoms with van der Waals surface area (Å²) in [6, 6.07) is 7.73. The largest absolute Gasteiger partial charge is 0.375 e. The molecule has 0 aliphatic carbocycles. The van der Waals surface area contributed by atoms with E-state index >= 15 is 0 Å². The summed E-state index contributed by atoms with van der Waals surface area (Å²) < 4.78 is 5.67. The van der Waals surface area contributed by atoms with Gasteiger partial charge in [0.05, 0.1) is 6.54 Å². The molecule has 0 saturated carbocycles. The summed E-state index contributed by atoms with van der Waals surface area (Å²) in [4.78, 5) is 28.6. The predicted octanol–water partition coefficient (Wildman–Crippen LogP) is 3.01. The summed E-state index contributed by atoms with van der Waals surface area (Å²) in [6.07, 6.45) is 0.519. The Morgan fingerprint density at radius 3 is 2.58 bits per heavy atom. The summed E-state index contributed by atoms with van der Waals surface area (Å²) >= 11 is 0. The number of hydrogen-bond donors (Lipinski definition) is 0. The molecule has 1 atom stereocenters. The lowest BCUT2D eigenvalue weighted by molar-refractivity contribution is -0.135. The van der Waals surface area contributed by atoms with Crippen LogP contribution in [0.2, 0.25) is 0 Å². The van der Waals surface area contributed by atoms with Crippen molar-refractivity contribution in [2.24, 2.45) is 5.41 Å². The molecule has 1 aliphatic heterocycles. The SMILES string of the molecule is COC1CN(C(=O)CC(C)(C)C)CCC(=O)N(C)c2ccccc21. The van der Waals surface area contributed by atoms with Crippen molar-refractivity contribution >= 4 is 17.5 Å². The summed E-state index contributed by atoms with van der Waals surface area (Å²) in [7, 11) is 3.42. The zero-order chi connectivity index (χ0) is 17.9. The fourth-order valence-electron chi connectivity index (χ4n) is 2.98. The molecule has 0 bridgehead atoms. The number of rotatable bonds is 2. The molecular weight excluding hydrogens is 304 g/mol. The molecule has 0 saturated heterocycles. The van der Waals surface area contributed by atoms with Crippen LogP contribution < -0.4 is 4.90 Å². The van der Waals surface area contributed by atoms with Gasteiger partial charge in [0.2, 0.25) is 11.8 Å². The second-order valence-corrected chi connectivity index (χ2v) is 7.56. The maximum Gasteiger partial charge on any atom is 0.228 e. The number of carbonyl (C=O) groups is 2. The van der Waals surface area contributed by atoms with Crippen LogP contribution >= 0.6 is 0 Å². The molecule has 0 spiro atoms. The summed E-state index contributed by atoms with van der Waals surface area (Å²) in [5.41, 5.74) is 1.70. The van der Waals surface area contributed by atoms with Gasteiger partial charge < -0.3 is 14.5 Å². The van der Waals surface area contributed by atoms with Crippen LogP contribution in [0, 0.1) is 5.41 Å². The van der Waals surface area contributed by atoms with Crippen molar-refractivity contribution in [1.82, 2.24) is 4.90 Å². The van der Waals surface area contributed by atoms with Gasteiger partial charge in [-0.2, -0.15) is 0 Å². The lowest BCUT2D eigenvalue weighted by Crippen LogP contribution is -2.38. The predicted molar refractivity (Wildman–Crippen MR) is 94.9 cm³/mol. The lowest BCUT2D eigenvalue weighted by atomic mass is 9.91. The van der Waals surface area contributed by atoms with Gasteiger partial charge in [-0.05, 0) is 11.5 Å². The first-order valence-corrected chi connectivity index (χ1v) is 8.39. The molecular formula is C19H28N2O3. The lowest BCUT2D eigenvalue weighted by Gasteiger charge is -2.29. The highest BCUT2D eigenvalue weighted by Gasteiger charge is 2.29. The molecule has 2 rings (SSSR count). The molecule has 5 heteroatoms. The van der Waals surface area contributed by atoms with Crippen molar-refractivity contribution in [3.05, 3.63) is 29.8 Å². The van der Waals surface area contributed by atoms with Gasteiger partial charge in [-0.3, -0.25) is 9.59 Å². The number of hydrogen-bond acceptors (Lipinski definition) is 3. The van der Waals surface area contributed by atoms with Crippen LogP contribution in [0.25, 0.3) is 0 Å². The van der Waals surface area contributed by atoms with Crippen molar-refractivity contribution < 1.29 is 14.3 Å². The standard InChI is InChI=1S/C19H28N2O3/c1-19(2,3)12-18(23)21-11-10-17(22)20(4)15-9-7-6-8-14(15)16(13-21)24-5/h6-9,16H,10-13H2,1-5H3. The van der Waals surface area contributed by atoms with Crippen LogP contribution in [0.1, 0.15) is 45.3 Å². The van der Waals surface area contributed by atoms with Crippen LogP contribution in [0.4, 0.5) is 5.69 Å². The number of nitrogens with zero attached hydrogens (tertiary/aromatic N) is 2. The highest BCUT2D eigenvalue weighted by molar-refractivity contribution is 5.94. The number of methoxy groups -OCH3 is 1. The number of para-hydroxylation sites is 1. The molecule has 24 heavy (non-hydrogen) atoms. The van der Waals surface area contributed by atoms with E-state index < -0.39 is 0 Å². The topological polar surface area (TPSA) is 49.9 Å². The van der Waals surface area contributed by atoms with E-state index in [9.17, 15) is 9.59 Å². The normalized spacial score (nSPS) is 19.4. The van der Waals surface area contributed by atoms with E-state index in [1.165, 1.54) is 0 Å². The third kappa shape index (κ3) is 4.35. The Hall–Kier alpha value is -1.88. The molecule has 0 N–H and O–H groups in total. The van der Waals surface area contributed by atoms with Crippen LogP contribution in [-0.4, -0.2) is 44.0 Å². The van der Waals surface area contributed by atoms with Gasteiger partial charge in [0.15, 0.2) is 0 Å². The molecule has 1 unspecified atom stereocenters. The van der Waals surface area contributed by atoms with Gasteiger partial charge >= 0.3 is 0 Å². The Labute approximate surface area is 144 Å². The van der Waals surface area contributed by atoms with E-state index in [2.05, 4.69) is 0 Å². The molecule has 1 aromatic rings. The minimum atomic E-state index is -0.251.